The summed E-state index contributed by atoms with van der Waals surface area (Å²) in [6.07, 6.45) is 1.04. The third-order valence-electron chi connectivity index (χ3n) is 4.47. The summed E-state index contributed by atoms with van der Waals surface area (Å²) in [4.78, 5) is 24.9. The zero-order valence-corrected chi connectivity index (χ0v) is 16.2. The molecule has 0 aliphatic carbocycles. The Kier molecular flexibility index (Phi) is 5.74. The topological polar surface area (TPSA) is 43.4 Å². The minimum Gasteiger partial charge on any atom is -0.453 e. The van der Waals surface area contributed by atoms with Crippen LogP contribution < -0.4 is 0 Å². The zero-order chi connectivity index (χ0) is 18.7. The maximum atomic E-state index is 12.3. The molecular formula is C21H19ClO3S. The Morgan fingerprint density at radius 3 is 2.46 bits per heavy atom. The minimum absolute atomic E-state index is 0.230. The lowest BCUT2D eigenvalue weighted by Gasteiger charge is -2.09. The predicted molar refractivity (Wildman–Crippen MR) is 107 cm³/mol. The monoisotopic (exact) mass is 386 g/mol. The van der Waals surface area contributed by atoms with Gasteiger partial charge in [-0.3, -0.25) is 4.79 Å². The quantitative estimate of drug-likeness (QED) is 0.379. The van der Waals surface area contributed by atoms with Gasteiger partial charge in [0.05, 0.1) is 5.02 Å². The van der Waals surface area contributed by atoms with Gasteiger partial charge in [0.15, 0.2) is 12.4 Å². The molecule has 1 heterocycles. The number of hydrogen-bond acceptors (Lipinski definition) is 4. The van der Waals surface area contributed by atoms with Crippen molar-refractivity contribution >= 4 is 44.8 Å². The van der Waals surface area contributed by atoms with Crippen molar-refractivity contribution in [1.82, 2.24) is 0 Å². The van der Waals surface area contributed by atoms with Crippen molar-refractivity contribution in [2.45, 2.75) is 26.2 Å². The molecule has 5 heteroatoms. The molecule has 0 saturated carbocycles. The summed E-state index contributed by atoms with van der Waals surface area (Å²) in [6.45, 7) is 3.97. The number of hydrogen-bond donors (Lipinski definition) is 0. The van der Waals surface area contributed by atoms with E-state index in [1.54, 1.807) is 12.1 Å². The third kappa shape index (κ3) is 3.81. The van der Waals surface area contributed by atoms with E-state index in [9.17, 15) is 9.59 Å². The van der Waals surface area contributed by atoms with Gasteiger partial charge < -0.3 is 4.74 Å². The smallest absolute Gasteiger partial charge is 0.350 e. The number of ketones is 1. The summed E-state index contributed by atoms with van der Waals surface area (Å²) in [7, 11) is 0. The standard InChI is InChI=1S/C21H19ClO3S/c1-3-13(2)14-8-10-15(11-9-14)17(23)12-25-21(24)20-19(22)16-6-4-5-7-18(16)26-20/h4-11,13H,3,12H2,1-2H3/t13-/m1/s1. The van der Waals surface area contributed by atoms with Gasteiger partial charge in [0, 0.05) is 15.6 Å². The van der Waals surface area contributed by atoms with Crippen molar-refractivity contribution in [1.29, 1.82) is 0 Å². The highest BCUT2D eigenvalue weighted by Crippen LogP contribution is 2.35. The Morgan fingerprint density at radius 2 is 1.81 bits per heavy atom. The van der Waals surface area contributed by atoms with Crippen molar-refractivity contribution < 1.29 is 14.3 Å². The second-order valence-corrected chi connectivity index (χ2v) is 7.60. The molecule has 26 heavy (non-hydrogen) atoms. The molecule has 0 amide bonds. The molecule has 0 N–H and O–H groups in total. The van der Waals surface area contributed by atoms with E-state index in [0.29, 0.717) is 21.4 Å². The summed E-state index contributed by atoms with van der Waals surface area (Å²) < 4.78 is 6.10. The first kappa shape index (κ1) is 18.6. The van der Waals surface area contributed by atoms with Crippen molar-refractivity contribution in [2.24, 2.45) is 0 Å². The number of thiophene rings is 1. The van der Waals surface area contributed by atoms with Crippen LogP contribution in [0.3, 0.4) is 0 Å². The molecule has 3 rings (SSSR count). The van der Waals surface area contributed by atoms with E-state index in [1.165, 1.54) is 16.9 Å². The number of carbonyl (C=O) groups excluding carboxylic acids is 2. The largest absolute Gasteiger partial charge is 0.453 e. The molecule has 3 nitrogen and oxygen atoms in total. The van der Waals surface area contributed by atoms with Crippen molar-refractivity contribution in [2.75, 3.05) is 6.61 Å². The lowest BCUT2D eigenvalue weighted by Crippen LogP contribution is -2.13. The Labute approximate surface area is 161 Å². The molecule has 2 aromatic carbocycles. The summed E-state index contributed by atoms with van der Waals surface area (Å²) in [6, 6.07) is 15.0. The molecule has 0 fully saturated rings. The number of fused-ring (bicyclic) bond motifs is 1. The Morgan fingerprint density at radius 1 is 1.12 bits per heavy atom. The van der Waals surface area contributed by atoms with Crippen LogP contribution in [0.4, 0.5) is 0 Å². The molecule has 1 aromatic heterocycles. The molecule has 0 aliphatic rings. The fourth-order valence-electron chi connectivity index (χ4n) is 2.66. The van der Waals surface area contributed by atoms with Crippen molar-refractivity contribution in [3.8, 4) is 0 Å². The molecule has 0 saturated heterocycles. The van der Waals surface area contributed by atoms with E-state index in [2.05, 4.69) is 13.8 Å². The molecule has 0 radical (unpaired) electrons. The number of carbonyl (C=O) groups is 2. The third-order valence-corrected chi connectivity index (χ3v) is 6.12. The molecule has 0 spiro atoms. The first-order valence-electron chi connectivity index (χ1n) is 8.48. The average Bonchev–Trinajstić information content (AvgIpc) is 3.02. The first-order valence-corrected chi connectivity index (χ1v) is 9.68. The second kappa shape index (κ2) is 8.02. The minimum atomic E-state index is -0.569. The van der Waals surface area contributed by atoms with E-state index in [0.717, 1.165) is 16.5 Å². The number of benzene rings is 2. The van der Waals surface area contributed by atoms with Gasteiger partial charge >= 0.3 is 5.97 Å². The highest BCUT2D eigenvalue weighted by Gasteiger charge is 2.19. The lowest BCUT2D eigenvalue weighted by atomic mass is 9.97. The van der Waals surface area contributed by atoms with Gasteiger partial charge in [0.1, 0.15) is 4.88 Å². The van der Waals surface area contributed by atoms with Gasteiger partial charge in [-0.15, -0.1) is 11.3 Å². The fourth-order valence-corrected chi connectivity index (χ4v) is 4.06. The van der Waals surface area contributed by atoms with E-state index >= 15 is 0 Å². The van der Waals surface area contributed by atoms with Gasteiger partial charge in [-0.2, -0.15) is 0 Å². The van der Waals surface area contributed by atoms with Crippen LogP contribution in [-0.4, -0.2) is 18.4 Å². The van der Waals surface area contributed by atoms with Crippen LogP contribution in [0, 0.1) is 0 Å². The predicted octanol–water partition coefficient (Wildman–Crippen LogP) is 6.11. The lowest BCUT2D eigenvalue weighted by molar-refractivity contribution is 0.0480. The molecule has 3 aromatic rings. The summed E-state index contributed by atoms with van der Waals surface area (Å²) in [5, 5.41) is 1.19. The van der Waals surface area contributed by atoms with E-state index < -0.39 is 5.97 Å². The molecular weight excluding hydrogens is 368 g/mol. The summed E-state index contributed by atoms with van der Waals surface area (Å²) >= 11 is 7.54. The Balaban J connectivity index is 1.67. The van der Waals surface area contributed by atoms with Crippen LogP contribution in [0.25, 0.3) is 10.1 Å². The van der Waals surface area contributed by atoms with Crippen LogP contribution in [0.1, 0.15) is 51.8 Å². The van der Waals surface area contributed by atoms with Crippen LogP contribution in [0.2, 0.25) is 5.02 Å². The highest BCUT2D eigenvalue weighted by molar-refractivity contribution is 7.21. The van der Waals surface area contributed by atoms with Crippen LogP contribution in [0.5, 0.6) is 0 Å². The van der Waals surface area contributed by atoms with E-state index in [4.69, 9.17) is 16.3 Å². The number of rotatable bonds is 6. The molecule has 0 aliphatic heterocycles. The maximum Gasteiger partial charge on any atom is 0.350 e. The van der Waals surface area contributed by atoms with Gasteiger partial charge in [-0.05, 0) is 24.0 Å². The Bertz CT molecular complexity index is 944. The molecule has 134 valence electrons. The molecule has 0 bridgehead atoms. The molecule has 0 unspecified atom stereocenters. The zero-order valence-electron chi connectivity index (χ0n) is 14.6. The molecule has 1 atom stereocenters. The highest BCUT2D eigenvalue weighted by atomic mass is 35.5. The van der Waals surface area contributed by atoms with Gasteiger partial charge in [0.25, 0.3) is 0 Å². The SMILES string of the molecule is CC[C@@H](C)c1ccc(C(=O)COC(=O)c2sc3ccccc3c2Cl)cc1. The second-order valence-electron chi connectivity index (χ2n) is 6.17. The number of halogens is 1. The van der Waals surface area contributed by atoms with Gasteiger partial charge in [-0.25, -0.2) is 4.79 Å². The van der Waals surface area contributed by atoms with E-state index in [1.807, 2.05) is 36.4 Å². The van der Waals surface area contributed by atoms with Crippen LogP contribution in [-0.2, 0) is 4.74 Å². The number of ether oxygens (including phenoxy) is 1. The van der Waals surface area contributed by atoms with Crippen molar-refractivity contribution in [3.05, 3.63) is 69.6 Å². The maximum absolute atomic E-state index is 12.3. The Hall–Kier alpha value is -2.17. The van der Waals surface area contributed by atoms with Crippen molar-refractivity contribution in [3.63, 3.8) is 0 Å². The number of Topliss-reactive ketones (excluding diaryl/α,β-unsaturated/α-hetero) is 1. The van der Waals surface area contributed by atoms with Gasteiger partial charge in [0.2, 0.25) is 0 Å². The average molecular weight is 387 g/mol. The normalized spacial score (nSPS) is 12.1. The van der Waals surface area contributed by atoms with Gasteiger partial charge in [-0.1, -0.05) is 67.9 Å². The summed E-state index contributed by atoms with van der Waals surface area (Å²) in [5.41, 5.74) is 1.73. The van der Waals surface area contributed by atoms with E-state index in [-0.39, 0.29) is 12.4 Å². The summed E-state index contributed by atoms with van der Waals surface area (Å²) in [5.74, 6) is -0.348. The number of esters is 1. The first-order chi connectivity index (χ1) is 12.5. The fraction of sp³-hybridized carbons (Fsp3) is 0.238. The van der Waals surface area contributed by atoms with Crippen LogP contribution in [0.15, 0.2) is 48.5 Å². The van der Waals surface area contributed by atoms with Crippen LogP contribution >= 0.6 is 22.9 Å².